The van der Waals surface area contributed by atoms with Crippen molar-refractivity contribution in [2.75, 3.05) is 39.4 Å². The highest BCUT2D eigenvalue weighted by Crippen LogP contribution is 2.22. The molecule has 2 rings (SSSR count). The van der Waals surface area contributed by atoms with Gasteiger partial charge >= 0.3 is 0 Å². The first kappa shape index (κ1) is 19.2. The normalized spacial score (nSPS) is 20.3. The van der Waals surface area contributed by atoms with Crippen molar-refractivity contribution in [3.05, 3.63) is 29.8 Å². The zero-order valence-electron chi connectivity index (χ0n) is 15.8. The Hall–Kier alpha value is -1.10. The minimum atomic E-state index is 0.266. The topological polar surface area (TPSA) is 35.9 Å². The SMILES string of the molecule is CCOc1ccc(CN2CCN(CC(C)(C)C)[C@@H](CCO)C2)cc1. The molecule has 0 aliphatic carbocycles. The van der Waals surface area contributed by atoms with Crippen molar-refractivity contribution >= 4 is 0 Å². The van der Waals surface area contributed by atoms with Crippen molar-refractivity contribution in [2.24, 2.45) is 5.41 Å². The van der Waals surface area contributed by atoms with Gasteiger partial charge in [0.2, 0.25) is 0 Å². The molecule has 4 nitrogen and oxygen atoms in total. The van der Waals surface area contributed by atoms with Gasteiger partial charge in [-0.2, -0.15) is 0 Å². The molecule has 1 aromatic rings. The van der Waals surface area contributed by atoms with Crippen LogP contribution in [0.4, 0.5) is 0 Å². The van der Waals surface area contributed by atoms with Crippen LogP contribution in [-0.4, -0.2) is 60.3 Å². The molecule has 4 heteroatoms. The van der Waals surface area contributed by atoms with Crippen molar-refractivity contribution in [1.82, 2.24) is 9.80 Å². The molecule has 1 atom stereocenters. The van der Waals surface area contributed by atoms with Gasteiger partial charge in [-0.15, -0.1) is 0 Å². The van der Waals surface area contributed by atoms with Crippen molar-refractivity contribution in [3.63, 3.8) is 0 Å². The summed E-state index contributed by atoms with van der Waals surface area (Å²) in [5.74, 6) is 0.939. The van der Waals surface area contributed by atoms with Crippen LogP contribution in [0.3, 0.4) is 0 Å². The van der Waals surface area contributed by atoms with Crippen LogP contribution >= 0.6 is 0 Å². The zero-order chi connectivity index (χ0) is 17.6. The van der Waals surface area contributed by atoms with E-state index in [9.17, 15) is 5.11 Å². The van der Waals surface area contributed by atoms with E-state index in [0.29, 0.717) is 18.1 Å². The number of rotatable bonds is 7. The molecular formula is C20H34N2O2. The van der Waals surface area contributed by atoms with E-state index >= 15 is 0 Å². The fourth-order valence-corrected chi connectivity index (χ4v) is 3.46. The molecule has 0 unspecified atom stereocenters. The van der Waals surface area contributed by atoms with Gasteiger partial charge in [0.15, 0.2) is 0 Å². The highest BCUT2D eigenvalue weighted by Gasteiger charge is 2.29. The highest BCUT2D eigenvalue weighted by molar-refractivity contribution is 5.27. The number of piperazine rings is 1. The second-order valence-electron chi connectivity index (χ2n) is 8.01. The maximum absolute atomic E-state index is 9.43. The molecule has 0 saturated carbocycles. The van der Waals surface area contributed by atoms with Crippen LogP contribution < -0.4 is 4.74 Å². The Balaban J connectivity index is 1.93. The van der Waals surface area contributed by atoms with Gasteiger partial charge in [-0.3, -0.25) is 9.80 Å². The third-order valence-electron chi connectivity index (χ3n) is 4.47. The lowest BCUT2D eigenvalue weighted by Gasteiger charge is -2.44. The highest BCUT2D eigenvalue weighted by atomic mass is 16.5. The van der Waals surface area contributed by atoms with Gasteiger partial charge in [-0.1, -0.05) is 32.9 Å². The maximum Gasteiger partial charge on any atom is 0.119 e. The molecule has 0 aromatic heterocycles. The van der Waals surface area contributed by atoms with Crippen molar-refractivity contribution < 1.29 is 9.84 Å². The van der Waals surface area contributed by atoms with Gasteiger partial charge in [0.1, 0.15) is 5.75 Å². The lowest BCUT2D eigenvalue weighted by atomic mass is 9.94. The van der Waals surface area contributed by atoms with Crippen LogP contribution in [0.1, 0.15) is 39.7 Å². The molecule has 1 heterocycles. The molecule has 1 N–H and O–H groups in total. The third-order valence-corrected chi connectivity index (χ3v) is 4.47. The van der Waals surface area contributed by atoms with Crippen LogP contribution in [0.15, 0.2) is 24.3 Å². The van der Waals surface area contributed by atoms with E-state index in [-0.39, 0.29) is 6.61 Å². The molecule has 0 radical (unpaired) electrons. The Morgan fingerprint density at radius 1 is 1.17 bits per heavy atom. The summed E-state index contributed by atoms with van der Waals surface area (Å²) in [6, 6.07) is 8.88. The number of aliphatic hydroxyl groups is 1. The molecule has 0 amide bonds. The van der Waals surface area contributed by atoms with Gasteiger partial charge in [0, 0.05) is 45.4 Å². The van der Waals surface area contributed by atoms with Gasteiger partial charge in [0.25, 0.3) is 0 Å². The molecule has 24 heavy (non-hydrogen) atoms. The summed E-state index contributed by atoms with van der Waals surface area (Å²) >= 11 is 0. The third kappa shape index (κ3) is 6.08. The van der Waals surface area contributed by atoms with Crippen LogP contribution in [-0.2, 0) is 6.54 Å². The minimum Gasteiger partial charge on any atom is -0.494 e. The molecule has 0 spiro atoms. The Morgan fingerprint density at radius 3 is 2.46 bits per heavy atom. The fourth-order valence-electron chi connectivity index (χ4n) is 3.46. The lowest BCUT2D eigenvalue weighted by molar-refractivity contribution is 0.0340. The van der Waals surface area contributed by atoms with Crippen LogP contribution in [0, 0.1) is 5.41 Å². The van der Waals surface area contributed by atoms with Gasteiger partial charge in [0.05, 0.1) is 6.61 Å². The molecule has 0 bridgehead atoms. The summed E-state index contributed by atoms with van der Waals surface area (Å²) < 4.78 is 5.51. The smallest absolute Gasteiger partial charge is 0.119 e. The van der Waals surface area contributed by atoms with Gasteiger partial charge in [-0.25, -0.2) is 0 Å². The number of benzene rings is 1. The standard InChI is InChI=1S/C20H34N2O2/c1-5-24-19-8-6-17(7-9-19)14-21-11-12-22(16-20(2,3)4)18(15-21)10-13-23/h6-9,18,23H,5,10-16H2,1-4H3/t18-/m0/s1. The number of hydrogen-bond donors (Lipinski definition) is 1. The van der Waals surface area contributed by atoms with Crippen molar-refractivity contribution in [2.45, 2.75) is 46.7 Å². The molecule has 1 aromatic carbocycles. The first-order valence-electron chi connectivity index (χ1n) is 9.20. The second kappa shape index (κ2) is 8.84. The van der Waals surface area contributed by atoms with Crippen LogP contribution in [0.25, 0.3) is 0 Å². The average molecular weight is 335 g/mol. The van der Waals surface area contributed by atoms with Crippen LogP contribution in [0.5, 0.6) is 5.75 Å². The number of hydrogen-bond acceptors (Lipinski definition) is 4. The number of ether oxygens (including phenoxy) is 1. The number of nitrogens with zero attached hydrogens (tertiary/aromatic N) is 2. The second-order valence-corrected chi connectivity index (χ2v) is 8.01. The summed E-state index contributed by atoms with van der Waals surface area (Å²) in [5, 5.41) is 9.43. The predicted molar refractivity (Wildman–Crippen MR) is 99.4 cm³/mol. The van der Waals surface area contributed by atoms with Crippen LogP contribution in [0.2, 0.25) is 0 Å². The van der Waals surface area contributed by atoms with E-state index in [0.717, 1.165) is 44.9 Å². The Bertz CT molecular complexity index is 481. The summed E-state index contributed by atoms with van der Waals surface area (Å²) in [4.78, 5) is 5.07. The fraction of sp³-hybridized carbons (Fsp3) is 0.700. The zero-order valence-corrected chi connectivity index (χ0v) is 15.8. The Morgan fingerprint density at radius 2 is 1.88 bits per heavy atom. The minimum absolute atomic E-state index is 0.266. The predicted octanol–water partition coefficient (Wildman–Crippen LogP) is 3.00. The monoisotopic (exact) mass is 334 g/mol. The van der Waals surface area contributed by atoms with E-state index in [1.165, 1.54) is 5.56 Å². The Labute approximate surface area is 147 Å². The quantitative estimate of drug-likeness (QED) is 0.831. The van der Waals surface area contributed by atoms with E-state index < -0.39 is 0 Å². The summed E-state index contributed by atoms with van der Waals surface area (Å²) in [5.41, 5.74) is 1.62. The number of aliphatic hydroxyl groups excluding tert-OH is 1. The Kier molecular flexibility index (Phi) is 7.08. The largest absolute Gasteiger partial charge is 0.494 e. The summed E-state index contributed by atoms with van der Waals surface area (Å²) in [6.07, 6.45) is 0.857. The van der Waals surface area contributed by atoms with E-state index in [4.69, 9.17) is 4.74 Å². The maximum atomic E-state index is 9.43. The molecule has 1 saturated heterocycles. The van der Waals surface area contributed by atoms with E-state index in [2.05, 4.69) is 54.8 Å². The molecule has 1 aliphatic heterocycles. The molecule has 1 aliphatic rings. The lowest BCUT2D eigenvalue weighted by Crippen LogP contribution is -2.54. The first-order valence-corrected chi connectivity index (χ1v) is 9.20. The summed E-state index contributed by atoms with van der Waals surface area (Å²) in [6.45, 7) is 15.1. The summed E-state index contributed by atoms with van der Waals surface area (Å²) in [7, 11) is 0. The molecule has 1 fully saturated rings. The molecular weight excluding hydrogens is 300 g/mol. The van der Waals surface area contributed by atoms with Crippen molar-refractivity contribution in [1.29, 1.82) is 0 Å². The molecule has 136 valence electrons. The van der Waals surface area contributed by atoms with Gasteiger partial charge in [-0.05, 0) is 36.5 Å². The van der Waals surface area contributed by atoms with Crippen molar-refractivity contribution in [3.8, 4) is 5.75 Å². The van der Waals surface area contributed by atoms with E-state index in [1.54, 1.807) is 0 Å². The average Bonchev–Trinajstić information content (AvgIpc) is 2.51. The van der Waals surface area contributed by atoms with E-state index in [1.807, 2.05) is 6.92 Å². The van der Waals surface area contributed by atoms with Gasteiger partial charge < -0.3 is 9.84 Å². The first-order chi connectivity index (χ1) is 11.4.